The molecule has 2 rings (SSSR count). The van der Waals surface area contributed by atoms with Crippen molar-refractivity contribution in [2.75, 3.05) is 39.4 Å². The number of likely N-dealkylation sites (tertiary alicyclic amines) is 1. The summed E-state index contributed by atoms with van der Waals surface area (Å²) in [7, 11) is 0. The molecule has 4 atom stereocenters. The Labute approximate surface area is 131 Å². The summed E-state index contributed by atoms with van der Waals surface area (Å²) in [5, 5.41) is 3.67. The van der Waals surface area contributed by atoms with Crippen LogP contribution >= 0.6 is 0 Å². The van der Waals surface area contributed by atoms with E-state index in [0.717, 1.165) is 38.1 Å². The van der Waals surface area contributed by atoms with Gasteiger partial charge in [-0.1, -0.05) is 20.8 Å². The van der Waals surface area contributed by atoms with E-state index in [-0.39, 0.29) is 0 Å². The molecule has 0 aliphatic carbocycles. The molecule has 3 nitrogen and oxygen atoms in total. The van der Waals surface area contributed by atoms with E-state index in [1.54, 1.807) is 0 Å². The minimum absolute atomic E-state index is 0.332. The Morgan fingerprint density at radius 1 is 1.29 bits per heavy atom. The first-order valence-electron chi connectivity index (χ1n) is 9.09. The largest absolute Gasteiger partial charge is 0.381 e. The second-order valence-electron chi connectivity index (χ2n) is 7.82. The summed E-state index contributed by atoms with van der Waals surface area (Å²) in [6.45, 7) is 16.1. The molecule has 2 fully saturated rings. The lowest BCUT2D eigenvalue weighted by molar-refractivity contribution is -0.0468. The zero-order valence-corrected chi connectivity index (χ0v) is 14.7. The van der Waals surface area contributed by atoms with Gasteiger partial charge in [0.15, 0.2) is 0 Å². The van der Waals surface area contributed by atoms with Crippen molar-refractivity contribution >= 4 is 0 Å². The molecular weight excluding hydrogens is 260 g/mol. The number of ether oxygens (including phenoxy) is 1. The predicted octanol–water partition coefficient (Wildman–Crippen LogP) is 3.15. The van der Waals surface area contributed by atoms with Crippen LogP contribution in [0.4, 0.5) is 0 Å². The van der Waals surface area contributed by atoms with Crippen molar-refractivity contribution in [3.8, 4) is 0 Å². The van der Waals surface area contributed by atoms with Crippen LogP contribution in [0.5, 0.6) is 0 Å². The van der Waals surface area contributed by atoms with Crippen LogP contribution in [0.15, 0.2) is 0 Å². The molecule has 2 saturated heterocycles. The van der Waals surface area contributed by atoms with Crippen molar-refractivity contribution in [2.45, 2.75) is 59.4 Å². The van der Waals surface area contributed by atoms with Crippen molar-refractivity contribution in [2.24, 2.45) is 17.3 Å². The van der Waals surface area contributed by atoms with Crippen molar-refractivity contribution < 1.29 is 4.74 Å². The van der Waals surface area contributed by atoms with E-state index in [0.29, 0.717) is 11.5 Å². The normalized spacial score (nSPS) is 38.6. The number of rotatable bonds is 6. The van der Waals surface area contributed by atoms with Crippen LogP contribution in [-0.4, -0.2) is 50.3 Å². The molecule has 2 aliphatic heterocycles. The van der Waals surface area contributed by atoms with E-state index in [2.05, 4.69) is 37.9 Å². The van der Waals surface area contributed by atoms with Gasteiger partial charge in [0.05, 0.1) is 6.61 Å². The highest BCUT2D eigenvalue weighted by Crippen LogP contribution is 2.34. The lowest BCUT2D eigenvalue weighted by Crippen LogP contribution is -2.54. The van der Waals surface area contributed by atoms with Gasteiger partial charge in [-0.05, 0) is 51.0 Å². The zero-order chi connectivity index (χ0) is 15.3. The average Bonchev–Trinajstić information content (AvgIpc) is 2.45. The number of piperidine rings is 1. The molecule has 1 N–H and O–H groups in total. The summed E-state index contributed by atoms with van der Waals surface area (Å²) in [5.74, 6) is 1.65. The first kappa shape index (κ1) is 17.2. The Morgan fingerprint density at radius 3 is 2.76 bits per heavy atom. The second-order valence-corrected chi connectivity index (χ2v) is 7.82. The van der Waals surface area contributed by atoms with Crippen LogP contribution in [0.2, 0.25) is 0 Å². The second kappa shape index (κ2) is 7.94. The Bertz CT molecular complexity index is 302. The maximum absolute atomic E-state index is 5.88. The standard InChI is InChI=1S/C18H36N2O/c1-5-8-19-12-18(7-6-9-21-14-18)13-20-11-15(2)10-16(3)17(20)4/h15-17,19H,5-14H2,1-4H3. The molecule has 0 saturated carbocycles. The van der Waals surface area contributed by atoms with Gasteiger partial charge >= 0.3 is 0 Å². The smallest absolute Gasteiger partial charge is 0.0546 e. The number of hydrogen-bond donors (Lipinski definition) is 1. The van der Waals surface area contributed by atoms with Crippen LogP contribution < -0.4 is 5.32 Å². The van der Waals surface area contributed by atoms with E-state index in [1.807, 2.05) is 0 Å². The molecule has 2 aliphatic rings. The highest BCUT2D eigenvalue weighted by atomic mass is 16.5. The number of nitrogens with one attached hydrogen (secondary N) is 1. The van der Waals surface area contributed by atoms with Gasteiger partial charge in [-0.15, -0.1) is 0 Å². The Balaban J connectivity index is 1.99. The van der Waals surface area contributed by atoms with E-state index in [1.165, 1.54) is 38.8 Å². The fourth-order valence-electron chi connectivity index (χ4n) is 4.23. The molecule has 0 radical (unpaired) electrons. The van der Waals surface area contributed by atoms with Gasteiger partial charge in [-0.3, -0.25) is 4.90 Å². The monoisotopic (exact) mass is 296 g/mol. The van der Waals surface area contributed by atoms with Crippen molar-refractivity contribution in [3.63, 3.8) is 0 Å². The molecule has 0 aromatic carbocycles. The molecule has 4 unspecified atom stereocenters. The molecular formula is C18H36N2O. The van der Waals surface area contributed by atoms with E-state index < -0.39 is 0 Å². The quantitative estimate of drug-likeness (QED) is 0.762. The van der Waals surface area contributed by atoms with Gasteiger partial charge in [-0.2, -0.15) is 0 Å². The molecule has 124 valence electrons. The Kier molecular flexibility index (Phi) is 6.51. The van der Waals surface area contributed by atoms with Crippen molar-refractivity contribution in [3.05, 3.63) is 0 Å². The molecule has 21 heavy (non-hydrogen) atoms. The SMILES string of the molecule is CCCNCC1(CN2CC(C)CC(C)C2C)CCCOC1. The van der Waals surface area contributed by atoms with Gasteiger partial charge in [0.2, 0.25) is 0 Å². The van der Waals surface area contributed by atoms with Crippen LogP contribution in [0, 0.1) is 17.3 Å². The maximum Gasteiger partial charge on any atom is 0.0546 e. The fraction of sp³-hybridized carbons (Fsp3) is 1.00. The average molecular weight is 296 g/mol. The minimum Gasteiger partial charge on any atom is -0.381 e. The molecule has 0 bridgehead atoms. The molecule has 3 heteroatoms. The summed E-state index contributed by atoms with van der Waals surface area (Å²) in [5.41, 5.74) is 0.332. The third-order valence-electron chi connectivity index (χ3n) is 5.59. The van der Waals surface area contributed by atoms with Gasteiger partial charge < -0.3 is 10.1 Å². The highest BCUT2D eigenvalue weighted by molar-refractivity contribution is 4.91. The van der Waals surface area contributed by atoms with E-state index >= 15 is 0 Å². The van der Waals surface area contributed by atoms with Crippen LogP contribution in [0.25, 0.3) is 0 Å². The fourth-order valence-corrected chi connectivity index (χ4v) is 4.23. The van der Waals surface area contributed by atoms with Crippen molar-refractivity contribution in [1.29, 1.82) is 0 Å². The molecule has 0 aromatic rings. The molecule has 0 spiro atoms. The molecule has 0 aromatic heterocycles. The van der Waals surface area contributed by atoms with Gasteiger partial charge in [-0.25, -0.2) is 0 Å². The Morgan fingerprint density at radius 2 is 2.10 bits per heavy atom. The van der Waals surface area contributed by atoms with Crippen molar-refractivity contribution in [1.82, 2.24) is 10.2 Å². The van der Waals surface area contributed by atoms with Crippen LogP contribution in [0.3, 0.4) is 0 Å². The number of hydrogen-bond acceptors (Lipinski definition) is 3. The summed E-state index contributed by atoms with van der Waals surface area (Å²) in [6.07, 6.45) is 5.14. The lowest BCUT2D eigenvalue weighted by Gasteiger charge is -2.47. The van der Waals surface area contributed by atoms with E-state index in [9.17, 15) is 0 Å². The molecule has 0 amide bonds. The zero-order valence-electron chi connectivity index (χ0n) is 14.7. The van der Waals surface area contributed by atoms with E-state index in [4.69, 9.17) is 4.74 Å². The Hall–Kier alpha value is -0.120. The third kappa shape index (κ3) is 4.67. The lowest BCUT2D eigenvalue weighted by atomic mass is 9.79. The summed E-state index contributed by atoms with van der Waals surface area (Å²) >= 11 is 0. The maximum atomic E-state index is 5.88. The van der Waals surface area contributed by atoms with Crippen LogP contribution in [0.1, 0.15) is 53.4 Å². The minimum atomic E-state index is 0.332. The third-order valence-corrected chi connectivity index (χ3v) is 5.59. The van der Waals surface area contributed by atoms with Crippen LogP contribution in [-0.2, 0) is 4.74 Å². The summed E-state index contributed by atoms with van der Waals surface area (Å²) in [4.78, 5) is 2.75. The van der Waals surface area contributed by atoms with Gasteiger partial charge in [0, 0.05) is 37.7 Å². The summed E-state index contributed by atoms with van der Waals surface area (Å²) < 4.78 is 5.88. The van der Waals surface area contributed by atoms with Gasteiger partial charge in [0.1, 0.15) is 0 Å². The first-order chi connectivity index (χ1) is 10.1. The topological polar surface area (TPSA) is 24.5 Å². The van der Waals surface area contributed by atoms with Gasteiger partial charge in [0.25, 0.3) is 0 Å². The number of nitrogens with zero attached hydrogens (tertiary/aromatic N) is 1. The first-order valence-corrected chi connectivity index (χ1v) is 9.09. The summed E-state index contributed by atoms with van der Waals surface area (Å²) in [6, 6.07) is 0.714. The predicted molar refractivity (Wildman–Crippen MR) is 89.6 cm³/mol. The molecule has 2 heterocycles. The highest BCUT2D eigenvalue weighted by Gasteiger charge is 2.38.